The van der Waals surface area contributed by atoms with Gasteiger partial charge in [0, 0.05) is 45.4 Å². The molecule has 1 atom stereocenters. The van der Waals surface area contributed by atoms with Gasteiger partial charge >= 0.3 is 0 Å². The Morgan fingerprint density at radius 1 is 1.19 bits per heavy atom. The normalized spacial score (nSPS) is 22.5. The number of guanidine groups is 1. The molecule has 2 aliphatic rings. The molecule has 2 fully saturated rings. The van der Waals surface area contributed by atoms with E-state index in [1.54, 1.807) is 0 Å². The van der Waals surface area contributed by atoms with Crippen LogP contribution in [0.5, 0.6) is 0 Å². The first-order chi connectivity index (χ1) is 12.8. The van der Waals surface area contributed by atoms with Crippen LogP contribution in [0.2, 0.25) is 0 Å². The molecular weight excluding hydrogens is 324 g/mol. The summed E-state index contributed by atoms with van der Waals surface area (Å²) in [4.78, 5) is 7.31. The summed E-state index contributed by atoms with van der Waals surface area (Å²) >= 11 is 0. The summed E-state index contributed by atoms with van der Waals surface area (Å²) in [5.41, 5.74) is 1.41. The van der Waals surface area contributed by atoms with Crippen molar-refractivity contribution in [1.29, 1.82) is 0 Å². The van der Waals surface area contributed by atoms with E-state index in [9.17, 15) is 0 Å². The second kappa shape index (κ2) is 10.5. The maximum Gasteiger partial charge on any atom is 0.191 e. The highest BCUT2D eigenvalue weighted by Gasteiger charge is 2.20. The molecule has 5 nitrogen and oxygen atoms in total. The third kappa shape index (κ3) is 6.29. The van der Waals surface area contributed by atoms with Crippen molar-refractivity contribution in [3.05, 3.63) is 35.9 Å². The first-order valence-corrected chi connectivity index (χ1v) is 10.3. The van der Waals surface area contributed by atoms with Gasteiger partial charge in [-0.15, -0.1) is 0 Å². The van der Waals surface area contributed by atoms with E-state index in [1.807, 2.05) is 0 Å². The fraction of sp³-hybridized carbons (Fsp3) is 0.667. The number of piperidine rings is 1. The van der Waals surface area contributed by atoms with E-state index in [0.717, 1.165) is 51.7 Å². The van der Waals surface area contributed by atoms with Crippen molar-refractivity contribution in [3.8, 4) is 0 Å². The molecule has 0 aliphatic carbocycles. The maximum absolute atomic E-state index is 5.69. The summed E-state index contributed by atoms with van der Waals surface area (Å²) in [6.07, 6.45) is 6.19. The van der Waals surface area contributed by atoms with Gasteiger partial charge in [-0.05, 0) is 44.6 Å². The highest BCUT2D eigenvalue weighted by atomic mass is 16.5. The fourth-order valence-corrected chi connectivity index (χ4v) is 3.78. The zero-order valence-electron chi connectivity index (χ0n) is 16.1. The fourth-order valence-electron chi connectivity index (χ4n) is 3.78. The summed E-state index contributed by atoms with van der Waals surface area (Å²) in [5, 5.41) is 7.03. The molecule has 2 N–H and O–H groups in total. The zero-order valence-corrected chi connectivity index (χ0v) is 16.1. The number of nitrogens with zero attached hydrogens (tertiary/aromatic N) is 2. The SMILES string of the molecule is CCNC(=NCCC1CCCO1)NC1CCN(Cc2ccccc2)CC1. The van der Waals surface area contributed by atoms with Crippen LogP contribution < -0.4 is 10.6 Å². The molecule has 0 amide bonds. The Labute approximate surface area is 158 Å². The lowest BCUT2D eigenvalue weighted by molar-refractivity contribution is 0.106. The zero-order chi connectivity index (χ0) is 18.0. The topological polar surface area (TPSA) is 48.9 Å². The lowest BCUT2D eigenvalue weighted by Gasteiger charge is -2.33. The average molecular weight is 359 g/mol. The minimum Gasteiger partial charge on any atom is -0.378 e. The molecule has 0 aromatic heterocycles. The minimum absolute atomic E-state index is 0.419. The molecule has 26 heavy (non-hydrogen) atoms. The van der Waals surface area contributed by atoms with E-state index in [2.05, 4.69) is 52.8 Å². The van der Waals surface area contributed by atoms with E-state index in [1.165, 1.54) is 31.2 Å². The predicted octanol–water partition coefficient (Wildman–Crippen LogP) is 2.78. The highest BCUT2D eigenvalue weighted by Crippen LogP contribution is 2.15. The summed E-state index contributed by atoms with van der Waals surface area (Å²) in [6, 6.07) is 11.3. The van der Waals surface area contributed by atoms with Gasteiger partial charge in [0.05, 0.1) is 6.10 Å². The largest absolute Gasteiger partial charge is 0.378 e. The number of nitrogens with one attached hydrogen (secondary N) is 2. The van der Waals surface area contributed by atoms with Gasteiger partial charge < -0.3 is 15.4 Å². The lowest BCUT2D eigenvalue weighted by atomic mass is 10.0. The average Bonchev–Trinajstić information content (AvgIpc) is 3.18. The van der Waals surface area contributed by atoms with Gasteiger partial charge in [-0.2, -0.15) is 0 Å². The van der Waals surface area contributed by atoms with Gasteiger partial charge in [-0.25, -0.2) is 0 Å². The Hall–Kier alpha value is -1.59. The van der Waals surface area contributed by atoms with E-state index in [-0.39, 0.29) is 0 Å². The van der Waals surface area contributed by atoms with Crippen molar-refractivity contribution in [3.63, 3.8) is 0 Å². The van der Waals surface area contributed by atoms with Gasteiger partial charge in [-0.3, -0.25) is 9.89 Å². The molecule has 2 heterocycles. The van der Waals surface area contributed by atoms with Gasteiger partial charge in [0.1, 0.15) is 0 Å². The molecule has 2 aliphatic heterocycles. The predicted molar refractivity (Wildman–Crippen MR) is 107 cm³/mol. The van der Waals surface area contributed by atoms with Crippen LogP contribution in [-0.4, -0.2) is 55.8 Å². The van der Waals surface area contributed by atoms with Crippen LogP contribution in [0.3, 0.4) is 0 Å². The Morgan fingerprint density at radius 2 is 2.00 bits per heavy atom. The first-order valence-electron chi connectivity index (χ1n) is 10.3. The van der Waals surface area contributed by atoms with Gasteiger partial charge in [-0.1, -0.05) is 30.3 Å². The number of ether oxygens (including phenoxy) is 1. The Balaban J connectivity index is 1.40. The molecular formula is C21H34N4O. The molecule has 0 bridgehead atoms. The molecule has 1 aromatic rings. The number of hydrogen-bond acceptors (Lipinski definition) is 3. The van der Waals surface area contributed by atoms with Crippen molar-refractivity contribution in [1.82, 2.24) is 15.5 Å². The second-order valence-corrected chi connectivity index (χ2v) is 7.36. The molecule has 0 saturated carbocycles. The second-order valence-electron chi connectivity index (χ2n) is 7.36. The van der Waals surface area contributed by atoms with Crippen LogP contribution in [0.25, 0.3) is 0 Å². The third-order valence-electron chi connectivity index (χ3n) is 5.27. The third-order valence-corrected chi connectivity index (χ3v) is 5.27. The minimum atomic E-state index is 0.419. The van der Waals surface area contributed by atoms with Crippen LogP contribution in [0.4, 0.5) is 0 Å². The molecule has 144 valence electrons. The van der Waals surface area contributed by atoms with Crippen LogP contribution in [0, 0.1) is 0 Å². The van der Waals surface area contributed by atoms with E-state index in [4.69, 9.17) is 9.73 Å². The number of hydrogen-bond donors (Lipinski definition) is 2. The highest BCUT2D eigenvalue weighted by molar-refractivity contribution is 5.80. The number of aliphatic imine (C=N–C) groups is 1. The summed E-state index contributed by atoms with van der Waals surface area (Å²) in [6.45, 7) is 8.13. The monoisotopic (exact) mass is 358 g/mol. The smallest absolute Gasteiger partial charge is 0.191 e. The Kier molecular flexibility index (Phi) is 7.77. The molecule has 0 radical (unpaired) electrons. The van der Waals surface area contributed by atoms with Crippen molar-refractivity contribution >= 4 is 5.96 Å². The maximum atomic E-state index is 5.69. The quantitative estimate of drug-likeness (QED) is 0.581. The standard InChI is InChI=1S/C21H34N4O/c1-2-22-21(23-13-10-20-9-6-16-26-20)24-19-11-14-25(15-12-19)17-18-7-4-3-5-8-18/h3-5,7-8,19-20H,2,6,9-17H2,1H3,(H2,22,23,24). The molecule has 1 unspecified atom stereocenters. The van der Waals surface area contributed by atoms with Crippen molar-refractivity contribution in [2.45, 2.75) is 57.7 Å². The molecule has 0 spiro atoms. The number of benzene rings is 1. The van der Waals surface area contributed by atoms with E-state index < -0.39 is 0 Å². The molecule has 2 saturated heterocycles. The Bertz CT molecular complexity index is 534. The van der Waals surface area contributed by atoms with Gasteiger partial charge in [0.2, 0.25) is 0 Å². The van der Waals surface area contributed by atoms with Crippen LogP contribution in [-0.2, 0) is 11.3 Å². The number of rotatable bonds is 7. The van der Waals surface area contributed by atoms with E-state index >= 15 is 0 Å². The van der Waals surface area contributed by atoms with Crippen LogP contribution in [0.1, 0.15) is 44.6 Å². The molecule has 5 heteroatoms. The van der Waals surface area contributed by atoms with E-state index in [0.29, 0.717) is 12.1 Å². The summed E-state index contributed by atoms with van der Waals surface area (Å²) in [7, 11) is 0. The number of likely N-dealkylation sites (tertiary alicyclic amines) is 1. The summed E-state index contributed by atoms with van der Waals surface area (Å²) in [5.74, 6) is 0.965. The van der Waals surface area contributed by atoms with Crippen molar-refractivity contribution in [2.75, 3.05) is 32.8 Å². The van der Waals surface area contributed by atoms with Crippen LogP contribution in [0.15, 0.2) is 35.3 Å². The molecule has 3 rings (SSSR count). The Morgan fingerprint density at radius 3 is 2.69 bits per heavy atom. The molecule has 1 aromatic carbocycles. The van der Waals surface area contributed by atoms with Crippen molar-refractivity contribution < 1.29 is 4.74 Å². The van der Waals surface area contributed by atoms with Crippen molar-refractivity contribution in [2.24, 2.45) is 4.99 Å². The van der Waals surface area contributed by atoms with Gasteiger partial charge in [0.25, 0.3) is 0 Å². The first kappa shape index (κ1) is 19.2. The van der Waals surface area contributed by atoms with Gasteiger partial charge in [0.15, 0.2) is 5.96 Å². The summed E-state index contributed by atoms with van der Waals surface area (Å²) < 4.78 is 5.69. The lowest BCUT2D eigenvalue weighted by Crippen LogP contribution is -2.48. The van der Waals surface area contributed by atoms with Crippen LogP contribution >= 0.6 is 0 Å².